The summed E-state index contributed by atoms with van der Waals surface area (Å²) in [6, 6.07) is 20.6. The first kappa shape index (κ1) is 25.6. The fourth-order valence-electron chi connectivity index (χ4n) is 3.04. The molecule has 0 unspecified atom stereocenters. The van der Waals surface area contributed by atoms with Gasteiger partial charge in [0.2, 0.25) is 0 Å². The number of hydrogen-bond donors (Lipinski definition) is 1. The van der Waals surface area contributed by atoms with Crippen molar-refractivity contribution in [3.8, 4) is 17.2 Å². The van der Waals surface area contributed by atoms with E-state index in [0.29, 0.717) is 24.5 Å². The van der Waals surface area contributed by atoms with Crippen LogP contribution in [0, 0.1) is 0 Å². The van der Waals surface area contributed by atoms with Crippen LogP contribution >= 0.6 is 0 Å². The third-order valence-corrected chi connectivity index (χ3v) is 4.70. The Bertz CT molecular complexity index is 1130. The predicted molar refractivity (Wildman–Crippen MR) is 132 cm³/mol. The number of hydrogen-bond acceptors (Lipinski definition) is 7. The molecule has 0 fully saturated rings. The molecule has 35 heavy (non-hydrogen) atoms. The maximum Gasteiger partial charge on any atom is 0.412 e. The molecule has 3 aromatic rings. The van der Waals surface area contributed by atoms with Crippen LogP contribution in [0.5, 0.6) is 17.2 Å². The second-order valence-corrected chi connectivity index (χ2v) is 7.49. The highest BCUT2D eigenvalue weighted by Crippen LogP contribution is 2.29. The Kier molecular flexibility index (Phi) is 9.95. The summed E-state index contributed by atoms with van der Waals surface area (Å²) in [5, 5.41) is 4.39. The maximum atomic E-state index is 12.1. The van der Waals surface area contributed by atoms with Crippen LogP contribution in [-0.2, 0) is 14.3 Å². The van der Waals surface area contributed by atoms with E-state index in [9.17, 15) is 9.59 Å². The molecule has 0 aromatic heterocycles. The lowest BCUT2D eigenvalue weighted by molar-refractivity contribution is -0.140. The van der Waals surface area contributed by atoms with E-state index in [-0.39, 0.29) is 26.4 Å². The first-order valence-electron chi connectivity index (χ1n) is 11.2. The van der Waals surface area contributed by atoms with Crippen molar-refractivity contribution in [2.75, 3.05) is 39.6 Å². The van der Waals surface area contributed by atoms with E-state index in [0.717, 1.165) is 22.3 Å². The molecule has 3 rings (SSSR count). The van der Waals surface area contributed by atoms with Gasteiger partial charge in [0.1, 0.15) is 37.1 Å². The van der Waals surface area contributed by atoms with Crippen molar-refractivity contribution < 1.29 is 33.3 Å². The molecule has 8 nitrogen and oxygen atoms in total. The lowest BCUT2D eigenvalue weighted by Crippen LogP contribution is -2.30. The van der Waals surface area contributed by atoms with Crippen LogP contribution in [0.25, 0.3) is 10.8 Å². The van der Waals surface area contributed by atoms with Gasteiger partial charge in [0, 0.05) is 17.5 Å². The van der Waals surface area contributed by atoms with E-state index < -0.39 is 12.1 Å². The summed E-state index contributed by atoms with van der Waals surface area (Å²) in [7, 11) is 0. The van der Waals surface area contributed by atoms with Crippen molar-refractivity contribution in [2.24, 2.45) is 0 Å². The molecule has 3 aromatic carbocycles. The van der Waals surface area contributed by atoms with Crippen molar-refractivity contribution in [1.29, 1.82) is 0 Å². The normalized spacial score (nSPS) is 10.4. The average Bonchev–Trinajstić information content (AvgIpc) is 2.86. The predicted octanol–water partition coefficient (Wildman–Crippen LogP) is 4.52. The number of amides is 1. The van der Waals surface area contributed by atoms with Gasteiger partial charge in [-0.05, 0) is 48.7 Å². The summed E-state index contributed by atoms with van der Waals surface area (Å²) in [6.45, 7) is 6.75. The van der Waals surface area contributed by atoms with E-state index in [2.05, 4.69) is 11.9 Å². The van der Waals surface area contributed by atoms with Crippen LogP contribution < -0.4 is 19.5 Å². The van der Waals surface area contributed by atoms with Crippen LogP contribution in [0.2, 0.25) is 0 Å². The van der Waals surface area contributed by atoms with E-state index in [1.165, 1.54) is 0 Å². The molecule has 0 aliphatic carbocycles. The molecule has 184 valence electrons. The van der Waals surface area contributed by atoms with E-state index in [1.54, 1.807) is 19.1 Å². The minimum absolute atomic E-state index is 0.124. The number of para-hydroxylation sites is 1. The average molecular weight is 480 g/mol. The van der Waals surface area contributed by atoms with Crippen molar-refractivity contribution >= 4 is 22.8 Å². The highest BCUT2D eigenvalue weighted by atomic mass is 16.6. The fraction of sp³-hybridized carbons (Fsp3) is 0.259. The van der Waals surface area contributed by atoms with E-state index in [1.807, 2.05) is 54.6 Å². The molecule has 0 saturated carbocycles. The standard InChI is InChI=1S/C27H29NO7/c1-20(2)26(29)34-16-15-31-14-13-28-27(30)35-23-11-12-24-21(19-23)7-6-10-25(24)33-18-17-32-22-8-4-3-5-9-22/h3-12,19H,1,13-18H2,2H3,(H,28,30). The molecular weight excluding hydrogens is 450 g/mol. The topological polar surface area (TPSA) is 92.3 Å². The zero-order valence-electron chi connectivity index (χ0n) is 19.7. The number of carbonyl (C=O) groups excluding carboxylic acids is 2. The quantitative estimate of drug-likeness (QED) is 0.219. The van der Waals surface area contributed by atoms with Crippen molar-refractivity contribution in [3.63, 3.8) is 0 Å². The Morgan fingerprint density at radius 1 is 0.829 bits per heavy atom. The maximum absolute atomic E-state index is 12.1. The smallest absolute Gasteiger partial charge is 0.412 e. The largest absolute Gasteiger partial charge is 0.490 e. The molecule has 0 saturated heterocycles. The second kappa shape index (κ2) is 13.6. The molecule has 0 heterocycles. The number of esters is 1. The minimum atomic E-state index is -0.591. The van der Waals surface area contributed by atoms with Gasteiger partial charge in [-0.2, -0.15) is 0 Å². The lowest BCUT2D eigenvalue weighted by atomic mass is 10.1. The number of fused-ring (bicyclic) bond motifs is 1. The summed E-state index contributed by atoms with van der Waals surface area (Å²) in [5.41, 5.74) is 0.334. The van der Waals surface area contributed by atoms with Gasteiger partial charge >= 0.3 is 12.1 Å². The summed E-state index contributed by atoms with van der Waals surface area (Å²) < 4.78 is 27.1. The van der Waals surface area contributed by atoms with Gasteiger partial charge < -0.3 is 29.0 Å². The number of nitrogens with one attached hydrogen (secondary N) is 1. The van der Waals surface area contributed by atoms with Gasteiger partial charge in [-0.1, -0.05) is 36.9 Å². The summed E-state index contributed by atoms with van der Waals surface area (Å²) in [6.07, 6.45) is -0.591. The van der Waals surface area contributed by atoms with Gasteiger partial charge in [-0.3, -0.25) is 0 Å². The number of benzene rings is 3. The Morgan fingerprint density at radius 3 is 2.43 bits per heavy atom. The van der Waals surface area contributed by atoms with Gasteiger partial charge in [0.05, 0.1) is 13.2 Å². The third kappa shape index (κ3) is 8.68. The van der Waals surface area contributed by atoms with Gasteiger partial charge in [0.25, 0.3) is 0 Å². The number of carbonyl (C=O) groups is 2. The van der Waals surface area contributed by atoms with Gasteiger partial charge in [0.15, 0.2) is 0 Å². The Balaban J connectivity index is 1.39. The van der Waals surface area contributed by atoms with Crippen LogP contribution in [-0.4, -0.2) is 51.6 Å². The van der Waals surface area contributed by atoms with Crippen LogP contribution in [0.1, 0.15) is 6.92 Å². The zero-order valence-corrected chi connectivity index (χ0v) is 19.7. The summed E-state index contributed by atoms with van der Waals surface area (Å²) in [4.78, 5) is 23.3. The first-order valence-corrected chi connectivity index (χ1v) is 11.2. The number of ether oxygens (including phenoxy) is 5. The highest BCUT2D eigenvalue weighted by molar-refractivity contribution is 5.90. The lowest BCUT2D eigenvalue weighted by Gasteiger charge is -2.12. The molecule has 0 aliphatic rings. The van der Waals surface area contributed by atoms with Crippen molar-refractivity contribution in [1.82, 2.24) is 5.32 Å². The summed E-state index contributed by atoms with van der Waals surface area (Å²) >= 11 is 0. The molecule has 8 heteroatoms. The highest BCUT2D eigenvalue weighted by Gasteiger charge is 2.08. The molecule has 0 aliphatic heterocycles. The Labute approximate surface area is 204 Å². The molecule has 0 radical (unpaired) electrons. The fourth-order valence-corrected chi connectivity index (χ4v) is 3.04. The van der Waals surface area contributed by atoms with Gasteiger partial charge in [-0.15, -0.1) is 0 Å². The Hall–Kier alpha value is -4.04. The molecule has 0 spiro atoms. The molecule has 1 amide bonds. The SMILES string of the molecule is C=C(C)C(=O)OCCOCCNC(=O)Oc1ccc2c(OCCOc3ccccc3)cccc2c1. The molecule has 1 N–H and O–H groups in total. The monoisotopic (exact) mass is 479 g/mol. The van der Waals surface area contributed by atoms with Crippen LogP contribution in [0.15, 0.2) is 78.9 Å². The molecular formula is C27H29NO7. The second-order valence-electron chi connectivity index (χ2n) is 7.49. The molecule has 0 bridgehead atoms. The van der Waals surface area contributed by atoms with E-state index >= 15 is 0 Å². The first-order chi connectivity index (χ1) is 17.0. The Morgan fingerprint density at radius 2 is 1.63 bits per heavy atom. The minimum Gasteiger partial charge on any atom is -0.490 e. The van der Waals surface area contributed by atoms with E-state index in [4.69, 9.17) is 23.7 Å². The van der Waals surface area contributed by atoms with Crippen molar-refractivity contribution in [2.45, 2.75) is 6.92 Å². The summed E-state index contributed by atoms with van der Waals surface area (Å²) in [5.74, 6) is 1.47. The van der Waals surface area contributed by atoms with Crippen molar-refractivity contribution in [3.05, 3.63) is 78.9 Å². The van der Waals surface area contributed by atoms with Crippen LogP contribution in [0.3, 0.4) is 0 Å². The van der Waals surface area contributed by atoms with Crippen LogP contribution in [0.4, 0.5) is 4.79 Å². The third-order valence-electron chi connectivity index (χ3n) is 4.70. The molecule has 0 atom stereocenters. The van der Waals surface area contributed by atoms with Gasteiger partial charge in [-0.25, -0.2) is 9.59 Å². The zero-order chi connectivity index (χ0) is 24.9. The number of rotatable bonds is 13.